The van der Waals surface area contributed by atoms with Crippen molar-refractivity contribution in [2.24, 2.45) is 5.10 Å². The first-order chi connectivity index (χ1) is 7.36. The van der Waals surface area contributed by atoms with Gasteiger partial charge in [0.1, 0.15) is 5.71 Å². The van der Waals surface area contributed by atoms with Crippen LogP contribution >= 0.6 is 0 Å². The summed E-state index contributed by atoms with van der Waals surface area (Å²) >= 11 is 0. The highest BCUT2D eigenvalue weighted by atomic mass is 16.2. The molecule has 2 N–H and O–H groups in total. The first kappa shape index (κ1) is 9.71. The van der Waals surface area contributed by atoms with Gasteiger partial charge in [-0.05, 0) is 25.0 Å². The minimum Gasteiger partial charge on any atom is -0.351 e. The Hall–Kier alpha value is -1.84. The average Bonchev–Trinajstić information content (AvgIpc) is 2.29. The lowest BCUT2D eigenvalue weighted by Gasteiger charge is -2.13. The van der Waals surface area contributed by atoms with E-state index in [1.807, 2.05) is 30.3 Å². The summed E-state index contributed by atoms with van der Waals surface area (Å²) in [7, 11) is 0. The fraction of sp³-hybridized carbons (Fsp3) is 0.273. The quantitative estimate of drug-likeness (QED) is 0.713. The molecular weight excluding hydrogens is 190 g/mol. The molecule has 0 aliphatic carbocycles. The van der Waals surface area contributed by atoms with E-state index in [1.54, 1.807) is 0 Å². The number of anilines is 1. The molecule has 4 heteroatoms. The lowest BCUT2D eigenvalue weighted by Crippen LogP contribution is -2.37. The van der Waals surface area contributed by atoms with Gasteiger partial charge in [-0.25, -0.2) is 0 Å². The highest BCUT2D eigenvalue weighted by Gasteiger charge is 2.15. The highest BCUT2D eigenvalue weighted by Crippen LogP contribution is 2.06. The molecule has 0 aromatic heterocycles. The van der Waals surface area contributed by atoms with Crippen LogP contribution in [0.1, 0.15) is 12.8 Å². The third-order valence-corrected chi connectivity index (χ3v) is 2.23. The summed E-state index contributed by atoms with van der Waals surface area (Å²) in [4.78, 5) is 11.3. The Kier molecular flexibility index (Phi) is 2.97. The number of nitrogens with zero attached hydrogens (tertiary/aromatic N) is 1. The highest BCUT2D eigenvalue weighted by molar-refractivity contribution is 6.39. The van der Waals surface area contributed by atoms with E-state index < -0.39 is 0 Å². The molecule has 78 valence electrons. The Labute approximate surface area is 88.4 Å². The predicted molar refractivity (Wildman–Crippen MR) is 59.7 cm³/mol. The van der Waals surface area contributed by atoms with Crippen LogP contribution in [0.25, 0.3) is 0 Å². The number of piperidine rings is 1. The van der Waals surface area contributed by atoms with Gasteiger partial charge in [0, 0.05) is 6.54 Å². The monoisotopic (exact) mass is 203 g/mol. The van der Waals surface area contributed by atoms with E-state index in [0.29, 0.717) is 5.71 Å². The Balaban J connectivity index is 2.01. The van der Waals surface area contributed by atoms with Crippen molar-refractivity contribution in [2.45, 2.75) is 12.8 Å². The summed E-state index contributed by atoms with van der Waals surface area (Å²) < 4.78 is 0. The number of nitrogens with one attached hydrogen (secondary N) is 2. The minimum atomic E-state index is -0.0651. The van der Waals surface area contributed by atoms with Crippen molar-refractivity contribution in [1.82, 2.24) is 5.32 Å². The number of carbonyl (C=O) groups excluding carboxylic acids is 1. The van der Waals surface area contributed by atoms with E-state index in [-0.39, 0.29) is 5.91 Å². The van der Waals surface area contributed by atoms with Crippen LogP contribution < -0.4 is 10.7 Å². The van der Waals surface area contributed by atoms with Crippen molar-refractivity contribution in [1.29, 1.82) is 0 Å². The number of rotatable bonds is 2. The zero-order valence-electron chi connectivity index (χ0n) is 8.36. The predicted octanol–water partition coefficient (Wildman–Crippen LogP) is 1.36. The first-order valence-corrected chi connectivity index (χ1v) is 5.02. The zero-order valence-corrected chi connectivity index (χ0v) is 8.36. The van der Waals surface area contributed by atoms with Gasteiger partial charge < -0.3 is 5.32 Å². The average molecular weight is 203 g/mol. The smallest absolute Gasteiger partial charge is 0.267 e. The summed E-state index contributed by atoms with van der Waals surface area (Å²) in [5, 5.41) is 6.85. The van der Waals surface area contributed by atoms with E-state index in [4.69, 9.17) is 0 Å². The van der Waals surface area contributed by atoms with Crippen molar-refractivity contribution in [3.63, 3.8) is 0 Å². The molecule has 1 aliphatic rings. The molecular formula is C11H13N3O. The van der Waals surface area contributed by atoms with Crippen LogP contribution in [0.5, 0.6) is 0 Å². The summed E-state index contributed by atoms with van der Waals surface area (Å²) in [5.74, 6) is -0.0651. The Morgan fingerprint density at radius 3 is 2.80 bits per heavy atom. The summed E-state index contributed by atoms with van der Waals surface area (Å²) in [6.45, 7) is 0.753. The van der Waals surface area contributed by atoms with Crippen molar-refractivity contribution < 1.29 is 4.79 Å². The van der Waals surface area contributed by atoms with E-state index in [0.717, 1.165) is 25.1 Å². The third-order valence-electron chi connectivity index (χ3n) is 2.23. The maximum atomic E-state index is 11.3. The number of amides is 1. The lowest BCUT2D eigenvalue weighted by molar-refractivity contribution is -0.115. The zero-order chi connectivity index (χ0) is 10.5. The maximum absolute atomic E-state index is 11.3. The van der Waals surface area contributed by atoms with Gasteiger partial charge in [0.25, 0.3) is 5.91 Å². The molecule has 1 aliphatic heterocycles. The number of carbonyl (C=O) groups is 1. The number of para-hydroxylation sites is 1. The molecule has 1 aromatic carbocycles. The molecule has 0 atom stereocenters. The van der Waals surface area contributed by atoms with Crippen LogP contribution in [0.3, 0.4) is 0 Å². The molecule has 1 aromatic rings. The van der Waals surface area contributed by atoms with Crippen LogP contribution in [0.15, 0.2) is 35.4 Å². The van der Waals surface area contributed by atoms with E-state index in [1.165, 1.54) is 0 Å². The molecule has 0 bridgehead atoms. The van der Waals surface area contributed by atoms with Crippen molar-refractivity contribution >= 4 is 17.3 Å². The third kappa shape index (κ3) is 2.56. The van der Waals surface area contributed by atoms with Gasteiger partial charge in [0.2, 0.25) is 0 Å². The molecule has 1 heterocycles. The summed E-state index contributed by atoms with van der Waals surface area (Å²) in [5.41, 5.74) is 4.34. The molecule has 1 saturated heterocycles. The standard InChI is InChI=1S/C11H13N3O/c15-11-10(7-4-8-12-11)14-13-9-5-2-1-3-6-9/h1-3,5-6,13H,4,7-8H2,(H,12,15). The molecule has 0 saturated carbocycles. The van der Waals surface area contributed by atoms with Gasteiger partial charge in [-0.3, -0.25) is 10.2 Å². The second kappa shape index (κ2) is 4.59. The van der Waals surface area contributed by atoms with Crippen LogP contribution in [0, 0.1) is 0 Å². The second-order valence-corrected chi connectivity index (χ2v) is 3.40. The largest absolute Gasteiger partial charge is 0.351 e. The minimum absolute atomic E-state index is 0.0651. The Morgan fingerprint density at radius 1 is 1.27 bits per heavy atom. The van der Waals surface area contributed by atoms with Crippen LogP contribution in [0.4, 0.5) is 5.69 Å². The molecule has 0 unspecified atom stereocenters. The molecule has 1 fully saturated rings. The van der Waals surface area contributed by atoms with Gasteiger partial charge in [-0.15, -0.1) is 0 Å². The number of hydrogen-bond acceptors (Lipinski definition) is 3. The van der Waals surface area contributed by atoms with Crippen LogP contribution in [-0.4, -0.2) is 18.2 Å². The molecule has 0 radical (unpaired) electrons. The Bertz CT molecular complexity index is 373. The lowest BCUT2D eigenvalue weighted by atomic mass is 10.1. The Morgan fingerprint density at radius 2 is 2.07 bits per heavy atom. The van der Waals surface area contributed by atoms with Crippen molar-refractivity contribution in [2.75, 3.05) is 12.0 Å². The van der Waals surface area contributed by atoms with E-state index >= 15 is 0 Å². The summed E-state index contributed by atoms with van der Waals surface area (Å²) in [6.07, 6.45) is 1.70. The maximum Gasteiger partial charge on any atom is 0.267 e. The van der Waals surface area contributed by atoms with Gasteiger partial charge in [0.15, 0.2) is 0 Å². The van der Waals surface area contributed by atoms with Crippen LogP contribution in [-0.2, 0) is 4.79 Å². The SMILES string of the molecule is O=C1NCCCC1=NNc1ccccc1. The van der Waals surface area contributed by atoms with Gasteiger partial charge in [-0.1, -0.05) is 18.2 Å². The normalized spacial score (nSPS) is 18.7. The number of hydrogen-bond donors (Lipinski definition) is 2. The fourth-order valence-electron chi connectivity index (χ4n) is 1.42. The summed E-state index contributed by atoms with van der Waals surface area (Å²) in [6, 6.07) is 9.59. The van der Waals surface area contributed by atoms with Crippen molar-refractivity contribution in [3.05, 3.63) is 30.3 Å². The number of hydrazone groups is 1. The second-order valence-electron chi connectivity index (χ2n) is 3.40. The van der Waals surface area contributed by atoms with E-state index in [2.05, 4.69) is 15.8 Å². The van der Waals surface area contributed by atoms with Crippen LogP contribution in [0.2, 0.25) is 0 Å². The topological polar surface area (TPSA) is 53.5 Å². The molecule has 15 heavy (non-hydrogen) atoms. The van der Waals surface area contributed by atoms with Crippen molar-refractivity contribution in [3.8, 4) is 0 Å². The molecule has 4 nitrogen and oxygen atoms in total. The first-order valence-electron chi connectivity index (χ1n) is 5.02. The molecule has 0 spiro atoms. The van der Waals surface area contributed by atoms with Gasteiger partial charge >= 0.3 is 0 Å². The number of benzene rings is 1. The molecule has 2 rings (SSSR count). The molecule has 1 amide bonds. The van der Waals surface area contributed by atoms with Gasteiger partial charge in [-0.2, -0.15) is 5.10 Å². The van der Waals surface area contributed by atoms with Gasteiger partial charge in [0.05, 0.1) is 5.69 Å². The van der Waals surface area contributed by atoms with E-state index in [9.17, 15) is 4.79 Å². The fourth-order valence-corrected chi connectivity index (χ4v) is 1.42.